The van der Waals surface area contributed by atoms with Crippen LogP contribution in [0.5, 0.6) is 0 Å². The second kappa shape index (κ2) is 1.21. The van der Waals surface area contributed by atoms with Gasteiger partial charge in [-0.15, -0.1) is 0 Å². The van der Waals surface area contributed by atoms with Gasteiger partial charge in [-0.1, -0.05) is 15.5 Å². The number of epoxide rings is 1. The Balaban J connectivity index is 2.08. The van der Waals surface area contributed by atoms with E-state index in [1.807, 2.05) is 0 Å². The standard InChI is InChI=1S/C5H9OP/c1-3-2-7-5-4(3)6-5/h3-5,7H,2H2,1H3. The molecule has 0 spiro atoms. The Hall–Kier alpha value is 0.390. The molecular formula is C5H9OP. The fourth-order valence-electron chi connectivity index (χ4n) is 1.14. The summed E-state index contributed by atoms with van der Waals surface area (Å²) in [5, 5.41) is 0. The van der Waals surface area contributed by atoms with E-state index in [0.717, 1.165) is 20.3 Å². The first-order valence-corrected chi connectivity index (χ1v) is 4.05. The first-order valence-electron chi connectivity index (χ1n) is 2.77. The Morgan fingerprint density at radius 3 is 2.71 bits per heavy atom. The Labute approximate surface area is 45.2 Å². The summed E-state index contributed by atoms with van der Waals surface area (Å²) in [5.74, 6) is 1.60. The van der Waals surface area contributed by atoms with E-state index in [0.29, 0.717) is 6.10 Å². The van der Waals surface area contributed by atoms with Gasteiger partial charge in [0.15, 0.2) is 0 Å². The molecule has 0 aromatic carbocycles. The van der Waals surface area contributed by atoms with Gasteiger partial charge in [-0.2, -0.15) is 0 Å². The molecule has 0 N–H and O–H groups in total. The Morgan fingerprint density at radius 2 is 2.57 bits per heavy atom. The molecule has 2 heteroatoms. The Morgan fingerprint density at radius 1 is 1.71 bits per heavy atom. The van der Waals surface area contributed by atoms with Gasteiger partial charge in [-0.3, -0.25) is 0 Å². The summed E-state index contributed by atoms with van der Waals surface area (Å²) in [6, 6.07) is 0. The average Bonchev–Trinajstić information content (AvgIpc) is 2.33. The predicted molar refractivity (Wildman–Crippen MR) is 31.0 cm³/mol. The molecule has 0 aromatic heterocycles. The lowest BCUT2D eigenvalue weighted by Gasteiger charge is -1.97. The van der Waals surface area contributed by atoms with Crippen molar-refractivity contribution >= 4 is 8.58 Å². The molecule has 0 bridgehead atoms. The van der Waals surface area contributed by atoms with Crippen LogP contribution in [-0.4, -0.2) is 18.1 Å². The van der Waals surface area contributed by atoms with E-state index in [2.05, 4.69) is 6.92 Å². The first-order chi connectivity index (χ1) is 3.38. The summed E-state index contributed by atoms with van der Waals surface area (Å²) in [4.78, 5) is 0. The fraction of sp³-hybridized carbons (Fsp3) is 1.00. The van der Waals surface area contributed by atoms with Crippen LogP contribution in [0.25, 0.3) is 0 Å². The molecule has 2 saturated heterocycles. The zero-order valence-corrected chi connectivity index (χ0v) is 5.35. The molecule has 2 fully saturated rings. The van der Waals surface area contributed by atoms with Crippen LogP contribution in [0, 0.1) is 5.92 Å². The van der Waals surface area contributed by atoms with Crippen LogP contribution in [0.1, 0.15) is 6.92 Å². The summed E-state index contributed by atoms with van der Waals surface area (Å²) in [6.07, 6.45) is 2.12. The van der Waals surface area contributed by atoms with Crippen LogP contribution in [0.4, 0.5) is 0 Å². The number of fused-ring (bicyclic) bond motifs is 1. The number of rotatable bonds is 0. The SMILES string of the molecule is CC1CPC2OC12. The molecule has 2 aliphatic rings. The molecule has 0 aliphatic carbocycles. The van der Waals surface area contributed by atoms with Crippen LogP contribution in [0.15, 0.2) is 0 Å². The second-order valence-electron chi connectivity index (χ2n) is 2.41. The third-order valence-corrected chi connectivity index (χ3v) is 3.47. The van der Waals surface area contributed by atoms with E-state index < -0.39 is 0 Å². The molecule has 7 heavy (non-hydrogen) atoms. The molecule has 0 amide bonds. The minimum absolute atomic E-state index is 0.693. The molecular weight excluding hydrogens is 107 g/mol. The summed E-state index contributed by atoms with van der Waals surface area (Å²) in [5.41, 5.74) is 0. The summed E-state index contributed by atoms with van der Waals surface area (Å²) in [7, 11) is 1.11. The highest BCUT2D eigenvalue weighted by molar-refractivity contribution is 7.39. The highest BCUT2D eigenvalue weighted by atomic mass is 31.1. The molecule has 0 aromatic rings. The maximum Gasteiger partial charge on any atom is 0.100 e. The van der Waals surface area contributed by atoms with E-state index >= 15 is 0 Å². The highest BCUT2D eigenvalue weighted by Crippen LogP contribution is 2.50. The van der Waals surface area contributed by atoms with Gasteiger partial charge in [0, 0.05) is 0 Å². The number of hydrogen-bond acceptors (Lipinski definition) is 1. The molecule has 0 saturated carbocycles. The van der Waals surface area contributed by atoms with Crippen molar-refractivity contribution in [1.82, 2.24) is 0 Å². The average molecular weight is 116 g/mol. The van der Waals surface area contributed by atoms with Crippen LogP contribution in [0.2, 0.25) is 0 Å². The van der Waals surface area contributed by atoms with Crippen molar-refractivity contribution in [3.8, 4) is 0 Å². The maximum absolute atomic E-state index is 5.28. The second-order valence-corrected chi connectivity index (χ2v) is 3.79. The lowest BCUT2D eigenvalue weighted by atomic mass is 10.2. The van der Waals surface area contributed by atoms with Gasteiger partial charge in [-0.05, 0) is 12.1 Å². The van der Waals surface area contributed by atoms with E-state index in [4.69, 9.17) is 4.74 Å². The number of ether oxygens (including phenoxy) is 1. The smallest absolute Gasteiger partial charge is 0.100 e. The topological polar surface area (TPSA) is 12.5 Å². The minimum atomic E-state index is 0.693. The van der Waals surface area contributed by atoms with Crippen molar-refractivity contribution in [1.29, 1.82) is 0 Å². The number of hydrogen-bond donors (Lipinski definition) is 0. The van der Waals surface area contributed by atoms with Crippen LogP contribution in [0.3, 0.4) is 0 Å². The summed E-state index contributed by atoms with van der Waals surface area (Å²) < 4.78 is 5.28. The fourth-order valence-corrected chi connectivity index (χ4v) is 2.79. The molecule has 2 aliphatic heterocycles. The first kappa shape index (κ1) is 4.29. The zero-order chi connectivity index (χ0) is 4.85. The van der Waals surface area contributed by atoms with E-state index in [1.54, 1.807) is 0 Å². The van der Waals surface area contributed by atoms with E-state index in [1.165, 1.54) is 6.16 Å². The van der Waals surface area contributed by atoms with Gasteiger partial charge in [0.1, 0.15) is 5.85 Å². The molecule has 0 radical (unpaired) electrons. The van der Waals surface area contributed by atoms with Crippen molar-refractivity contribution in [2.45, 2.75) is 18.9 Å². The maximum atomic E-state index is 5.28. The monoisotopic (exact) mass is 116 g/mol. The Kier molecular flexibility index (Phi) is 0.741. The largest absolute Gasteiger partial charge is 0.365 e. The molecule has 1 nitrogen and oxygen atoms in total. The van der Waals surface area contributed by atoms with Gasteiger partial charge in [-0.25, -0.2) is 0 Å². The molecule has 2 heterocycles. The van der Waals surface area contributed by atoms with Gasteiger partial charge >= 0.3 is 0 Å². The lowest BCUT2D eigenvalue weighted by molar-refractivity contribution is 0.345. The lowest BCUT2D eigenvalue weighted by Crippen LogP contribution is -1.99. The minimum Gasteiger partial charge on any atom is -0.365 e. The third kappa shape index (κ3) is 0.520. The summed E-state index contributed by atoms with van der Waals surface area (Å²) in [6.45, 7) is 2.28. The van der Waals surface area contributed by atoms with Crippen molar-refractivity contribution in [3.05, 3.63) is 0 Å². The highest BCUT2D eigenvalue weighted by Gasteiger charge is 2.47. The van der Waals surface area contributed by atoms with E-state index in [-0.39, 0.29) is 0 Å². The van der Waals surface area contributed by atoms with Crippen LogP contribution in [-0.2, 0) is 4.74 Å². The normalized spacial score (nSPS) is 60.4. The van der Waals surface area contributed by atoms with Gasteiger partial charge < -0.3 is 4.74 Å². The van der Waals surface area contributed by atoms with Crippen molar-refractivity contribution in [2.75, 3.05) is 6.16 Å². The predicted octanol–water partition coefficient (Wildman–Crippen LogP) is 1.04. The van der Waals surface area contributed by atoms with Crippen molar-refractivity contribution in [3.63, 3.8) is 0 Å². The molecule has 4 atom stereocenters. The zero-order valence-electron chi connectivity index (χ0n) is 4.35. The molecule has 2 rings (SSSR count). The van der Waals surface area contributed by atoms with Gasteiger partial charge in [0.05, 0.1) is 6.10 Å². The third-order valence-electron chi connectivity index (χ3n) is 1.73. The quantitative estimate of drug-likeness (QED) is 0.340. The molecule has 40 valence electrons. The van der Waals surface area contributed by atoms with Gasteiger partial charge in [0.25, 0.3) is 0 Å². The van der Waals surface area contributed by atoms with Crippen molar-refractivity contribution in [2.24, 2.45) is 5.92 Å². The van der Waals surface area contributed by atoms with Crippen molar-refractivity contribution < 1.29 is 4.74 Å². The van der Waals surface area contributed by atoms with Crippen LogP contribution < -0.4 is 0 Å². The van der Waals surface area contributed by atoms with Gasteiger partial charge in [0.2, 0.25) is 0 Å². The molecule has 4 unspecified atom stereocenters. The Bertz CT molecular complexity index is 94.1. The van der Waals surface area contributed by atoms with E-state index in [9.17, 15) is 0 Å². The van der Waals surface area contributed by atoms with Crippen LogP contribution >= 0.6 is 8.58 Å². The summed E-state index contributed by atoms with van der Waals surface area (Å²) >= 11 is 0.